The second kappa shape index (κ2) is 6.13. The maximum Gasteiger partial charge on any atom is 0.259 e. The van der Waals surface area contributed by atoms with E-state index >= 15 is 0 Å². The van der Waals surface area contributed by atoms with Crippen LogP contribution in [0, 0.1) is 11.6 Å². The van der Waals surface area contributed by atoms with Gasteiger partial charge in [-0.1, -0.05) is 34.1 Å². The normalized spacial score (nSPS) is 10.4. The van der Waals surface area contributed by atoms with Gasteiger partial charge in [0.1, 0.15) is 17.2 Å². The minimum absolute atomic E-state index is 0.278. The van der Waals surface area contributed by atoms with E-state index in [1.807, 2.05) is 24.3 Å². The molecule has 0 unspecified atom stereocenters. The van der Waals surface area contributed by atoms with E-state index < -0.39 is 23.1 Å². The van der Waals surface area contributed by atoms with Gasteiger partial charge in [-0.25, -0.2) is 8.78 Å². The molecule has 0 saturated heterocycles. The molecule has 0 aliphatic carbocycles. The van der Waals surface area contributed by atoms with E-state index in [0.717, 1.165) is 22.2 Å². The first kappa shape index (κ1) is 14.7. The Kier molecular flexibility index (Phi) is 4.49. The second-order valence-electron chi connectivity index (χ2n) is 4.38. The summed E-state index contributed by atoms with van der Waals surface area (Å²) in [4.78, 5) is 13.4. The highest BCUT2D eigenvalue weighted by Crippen LogP contribution is 2.16. The molecule has 0 atom stereocenters. The summed E-state index contributed by atoms with van der Waals surface area (Å²) >= 11 is 3.32. The maximum atomic E-state index is 13.6. The quantitative estimate of drug-likeness (QED) is 0.827. The minimum atomic E-state index is -0.849. The van der Waals surface area contributed by atoms with Crippen molar-refractivity contribution in [3.05, 3.63) is 69.7 Å². The number of carbonyl (C=O) groups excluding carboxylic acids is 1. The van der Waals surface area contributed by atoms with E-state index in [4.69, 9.17) is 0 Å². The average molecular weight is 340 g/mol. The van der Waals surface area contributed by atoms with Gasteiger partial charge in [0.25, 0.3) is 5.91 Å². The van der Waals surface area contributed by atoms with Gasteiger partial charge in [0.15, 0.2) is 0 Å². The van der Waals surface area contributed by atoms with Crippen molar-refractivity contribution in [2.24, 2.45) is 0 Å². The van der Waals surface area contributed by atoms with Crippen LogP contribution in [0.4, 0.5) is 8.78 Å². The number of carbonyl (C=O) groups is 1. The SMILES string of the molecule is CN(Cc1ccc(Br)cc1)C(=O)c1c(F)cccc1F. The monoisotopic (exact) mass is 339 g/mol. The van der Waals surface area contributed by atoms with E-state index in [0.29, 0.717) is 0 Å². The standard InChI is InChI=1S/C15H12BrF2NO/c1-19(9-10-5-7-11(16)8-6-10)15(20)14-12(17)3-2-4-13(14)18/h2-8H,9H2,1H3. The predicted molar refractivity (Wildman–Crippen MR) is 76.3 cm³/mol. The van der Waals surface area contributed by atoms with Crippen molar-refractivity contribution in [2.45, 2.75) is 6.54 Å². The highest BCUT2D eigenvalue weighted by molar-refractivity contribution is 9.10. The molecule has 0 saturated carbocycles. The van der Waals surface area contributed by atoms with Crippen LogP contribution in [0.3, 0.4) is 0 Å². The van der Waals surface area contributed by atoms with Gasteiger partial charge in [-0.05, 0) is 29.8 Å². The molecule has 0 spiro atoms. The summed E-state index contributed by atoms with van der Waals surface area (Å²) in [7, 11) is 1.51. The van der Waals surface area contributed by atoms with Gasteiger partial charge in [0.2, 0.25) is 0 Å². The zero-order valence-electron chi connectivity index (χ0n) is 10.7. The first-order valence-corrected chi connectivity index (χ1v) is 6.72. The first-order valence-electron chi connectivity index (χ1n) is 5.93. The topological polar surface area (TPSA) is 20.3 Å². The first-order chi connectivity index (χ1) is 9.49. The van der Waals surface area contributed by atoms with E-state index in [1.165, 1.54) is 18.0 Å². The fraction of sp³-hybridized carbons (Fsp3) is 0.133. The summed E-state index contributed by atoms with van der Waals surface area (Å²) in [5, 5.41) is 0. The van der Waals surface area contributed by atoms with Crippen LogP contribution in [0.15, 0.2) is 46.9 Å². The number of hydrogen-bond acceptors (Lipinski definition) is 1. The maximum absolute atomic E-state index is 13.6. The predicted octanol–water partition coefficient (Wildman–Crippen LogP) is 4.00. The highest BCUT2D eigenvalue weighted by Gasteiger charge is 2.20. The van der Waals surface area contributed by atoms with Crippen molar-refractivity contribution in [3.63, 3.8) is 0 Å². The third-order valence-electron chi connectivity index (χ3n) is 2.86. The number of benzene rings is 2. The van der Waals surface area contributed by atoms with Gasteiger partial charge >= 0.3 is 0 Å². The van der Waals surface area contributed by atoms with Crippen LogP contribution in [0.25, 0.3) is 0 Å². The van der Waals surface area contributed by atoms with Crippen molar-refractivity contribution in [3.8, 4) is 0 Å². The van der Waals surface area contributed by atoms with Crippen LogP contribution in [0.2, 0.25) is 0 Å². The van der Waals surface area contributed by atoms with Crippen LogP contribution in [-0.4, -0.2) is 17.9 Å². The third kappa shape index (κ3) is 3.22. The molecule has 1 amide bonds. The number of halogens is 3. The van der Waals surface area contributed by atoms with E-state index in [1.54, 1.807) is 0 Å². The van der Waals surface area contributed by atoms with E-state index in [2.05, 4.69) is 15.9 Å². The van der Waals surface area contributed by atoms with Gasteiger partial charge in [0, 0.05) is 18.1 Å². The zero-order chi connectivity index (χ0) is 14.7. The molecular formula is C15H12BrF2NO. The molecule has 2 nitrogen and oxygen atoms in total. The molecule has 2 rings (SSSR count). The lowest BCUT2D eigenvalue weighted by Gasteiger charge is -2.18. The molecule has 0 aliphatic rings. The van der Waals surface area contributed by atoms with Gasteiger partial charge in [-0.2, -0.15) is 0 Å². The Morgan fingerprint density at radius 3 is 2.20 bits per heavy atom. The minimum Gasteiger partial charge on any atom is -0.337 e. The number of nitrogens with zero attached hydrogens (tertiary/aromatic N) is 1. The van der Waals surface area contributed by atoms with Crippen LogP contribution >= 0.6 is 15.9 Å². The Hall–Kier alpha value is -1.75. The lowest BCUT2D eigenvalue weighted by atomic mass is 10.1. The molecule has 2 aromatic carbocycles. The van der Waals surface area contributed by atoms with Crippen molar-refractivity contribution >= 4 is 21.8 Å². The summed E-state index contributed by atoms with van der Waals surface area (Å²) in [6, 6.07) is 10.7. The summed E-state index contributed by atoms with van der Waals surface area (Å²) in [5.74, 6) is -2.38. The fourth-order valence-corrected chi connectivity index (χ4v) is 2.09. The largest absolute Gasteiger partial charge is 0.337 e. The summed E-state index contributed by atoms with van der Waals surface area (Å²) < 4.78 is 28.0. The van der Waals surface area contributed by atoms with Crippen LogP contribution < -0.4 is 0 Å². The van der Waals surface area contributed by atoms with Crippen LogP contribution in [0.1, 0.15) is 15.9 Å². The molecule has 0 aromatic heterocycles. The smallest absolute Gasteiger partial charge is 0.259 e. The molecule has 0 N–H and O–H groups in total. The lowest BCUT2D eigenvalue weighted by molar-refractivity contribution is 0.0775. The molecule has 0 fully saturated rings. The van der Waals surface area contributed by atoms with Crippen LogP contribution in [0.5, 0.6) is 0 Å². The summed E-state index contributed by atoms with van der Waals surface area (Å²) in [5.41, 5.74) is 0.355. The summed E-state index contributed by atoms with van der Waals surface area (Å²) in [6.07, 6.45) is 0. The third-order valence-corrected chi connectivity index (χ3v) is 3.38. The Morgan fingerprint density at radius 1 is 1.10 bits per heavy atom. The Morgan fingerprint density at radius 2 is 1.65 bits per heavy atom. The molecule has 104 valence electrons. The van der Waals surface area contributed by atoms with Crippen molar-refractivity contribution in [1.82, 2.24) is 4.90 Å². The van der Waals surface area contributed by atoms with Gasteiger partial charge < -0.3 is 4.90 Å². The van der Waals surface area contributed by atoms with Gasteiger partial charge in [0.05, 0.1) is 0 Å². The van der Waals surface area contributed by atoms with Crippen molar-refractivity contribution in [2.75, 3.05) is 7.05 Å². The molecular weight excluding hydrogens is 328 g/mol. The van der Waals surface area contributed by atoms with E-state index in [-0.39, 0.29) is 6.54 Å². The molecule has 0 heterocycles. The van der Waals surface area contributed by atoms with Crippen molar-refractivity contribution in [1.29, 1.82) is 0 Å². The molecule has 0 bridgehead atoms. The lowest BCUT2D eigenvalue weighted by Crippen LogP contribution is -2.28. The molecule has 5 heteroatoms. The number of amides is 1. The molecule has 20 heavy (non-hydrogen) atoms. The average Bonchev–Trinajstić information content (AvgIpc) is 2.41. The highest BCUT2D eigenvalue weighted by atomic mass is 79.9. The zero-order valence-corrected chi connectivity index (χ0v) is 12.3. The summed E-state index contributed by atoms with van der Waals surface area (Å²) in [6.45, 7) is 0.278. The number of rotatable bonds is 3. The second-order valence-corrected chi connectivity index (χ2v) is 5.30. The van der Waals surface area contributed by atoms with Gasteiger partial charge in [-0.15, -0.1) is 0 Å². The fourth-order valence-electron chi connectivity index (χ4n) is 1.83. The van der Waals surface area contributed by atoms with Crippen LogP contribution in [-0.2, 0) is 6.54 Å². The van der Waals surface area contributed by atoms with E-state index in [9.17, 15) is 13.6 Å². The van der Waals surface area contributed by atoms with Gasteiger partial charge in [-0.3, -0.25) is 4.79 Å². The molecule has 0 radical (unpaired) electrons. The van der Waals surface area contributed by atoms with Crippen molar-refractivity contribution < 1.29 is 13.6 Å². The Bertz CT molecular complexity index is 608. The Labute approximate surface area is 124 Å². The molecule has 0 aliphatic heterocycles. The number of hydrogen-bond donors (Lipinski definition) is 0. The Balaban J connectivity index is 2.18. The molecule has 2 aromatic rings.